The lowest BCUT2D eigenvalue weighted by Crippen LogP contribution is -2.24. The van der Waals surface area contributed by atoms with Crippen molar-refractivity contribution < 1.29 is 28.8 Å². The topological polar surface area (TPSA) is 160 Å². The van der Waals surface area contributed by atoms with Gasteiger partial charge in [-0.1, -0.05) is 11.8 Å². The Morgan fingerprint density at radius 3 is 2.48 bits per heavy atom. The van der Waals surface area contributed by atoms with Gasteiger partial charge in [0.05, 0.1) is 45.7 Å². The second-order valence-electron chi connectivity index (χ2n) is 8.22. The molecule has 1 aliphatic rings. The van der Waals surface area contributed by atoms with Crippen LogP contribution in [-0.2, 0) is 20.7 Å². The molecule has 0 fully saturated rings. The number of esters is 2. The predicted molar refractivity (Wildman–Crippen MR) is 151 cm³/mol. The van der Waals surface area contributed by atoms with Crippen molar-refractivity contribution in [3.05, 3.63) is 66.4 Å². The molecular weight excluding hydrogens is 580 g/mol. The summed E-state index contributed by atoms with van der Waals surface area (Å²) in [5, 5.41) is 14.2. The van der Waals surface area contributed by atoms with E-state index in [0.29, 0.717) is 34.0 Å². The fraction of sp³-hybridized carbons (Fsp3) is 0.320. The number of carbonyl (C=O) groups is 3. The third-order valence-electron chi connectivity index (χ3n) is 5.66. The Hall–Kier alpha value is -3.69. The maximum absolute atomic E-state index is 13.3. The molecule has 0 atom stereocenters. The monoisotopic (exact) mass is 604 g/mol. The van der Waals surface area contributed by atoms with Crippen LogP contribution in [-0.4, -0.2) is 57.0 Å². The summed E-state index contributed by atoms with van der Waals surface area (Å²) in [6.07, 6.45) is 0.601. The summed E-state index contributed by atoms with van der Waals surface area (Å²) < 4.78 is 11.5. The molecule has 15 heteroatoms. The van der Waals surface area contributed by atoms with Crippen molar-refractivity contribution in [2.45, 2.75) is 37.2 Å². The Morgan fingerprint density at radius 2 is 1.82 bits per heavy atom. The number of thiophene rings is 1. The van der Waals surface area contributed by atoms with Crippen LogP contribution in [0.1, 0.15) is 45.1 Å². The van der Waals surface area contributed by atoms with E-state index in [-0.39, 0.29) is 50.8 Å². The number of nitrogens with one attached hydrogen (secondary N) is 1. The molecule has 0 aliphatic carbocycles. The Morgan fingerprint density at radius 1 is 1.15 bits per heavy atom. The SMILES string of the molecule is CCOC(=O)c1sc(NC(=O)CSc2nc3c(c(=O)n2-c2ccc([N+](=O)[O-])cc2)SCC3)c(C(=O)OCC)c1C. The number of fused-ring (bicyclic) bond motifs is 1. The maximum atomic E-state index is 13.3. The number of ether oxygens (including phenoxy) is 2. The lowest BCUT2D eigenvalue weighted by Gasteiger charge is -2.13. The zero-order valence-corrected chi connectivity index (χ0v) is 24.1. The van der Waals surface area contributed by atoms with Crippen LogP contribution < -0.4 is 10.9 Å². The average Bonchev–Trinajstić information content (AvgIpc) is 3.52. The van der Waals surface area contributed by atoms with E-state index in [1.54, 1.807) is 20.8 Å². The van der Waals surface area contributed by atoms with E-state index in [2.05, 4.69) is 10.3 Å². The summed E-state index contributed by atoms with van der Waals surface area (Å²) in [4.78, 5) is 67.3. The van der Waals surface area contributed by atoms with Gasteiger partial charge in [0.2, 0.25) is 5.91 Å². The van der Waals surface area contributed by atoms with Crippen LogP contribution in [0.5, 0.6) is 0 Å². The van der Waals surface area contributed by atoms with Crippen LogP contribution in [0.4, 0.5) is 10.7 Å². The first-order chi connectivity index (χ1) is 19.2. The molecule has 3 heterocycles. The summed E-state index contributed by atoms with van der Waals surface area (Å²) in [6.45, 7) is 5.14. The van der Waals surface area contributed by atoms with Crippen LogP contribution in [0, 0.1) is 17.0 Å². The second kappa shape index (κ2) is 12.7. The van der Waals surface area contributed by atoms with Gasteiger partial charge in [-0.3, -0.25) is 24.3 Å². The zero-order valence-electron chi connectivity index (χ0n) is 21.7. The fourth-order valence-electron chi connectivity index (χ4n) is 3.88. The molecule has 1 aliphatic heterocycles. The largest absolute Gasteiger partial charge is 0.462 e. The summed E-state index contributed by atoms with van der Waals surface area (Å²) in [5.74, 6) is -1.29. The standard InChI is InChI=1S/C25H24N4O8S3/c1-4-36-23(32)18-13(3)19(24(33)37-5-2)40-21(18)27-17(30)12-39-25-26-16-10-11-38-20(16)22(31)28(25)14-6-8-15(9-7-14)29(34)35/h6-9H,4-5,10-12H2,1-3H3,(H,27,30). The Labute approximate surface area is 240 Å². The number of hydrogen-bond acceptors (Lipinski definition) is 12. The van der Waals surface area contributed by atoms with E-state index in [0.717, 1.165) is 23.1 Å². The first-order valence-corrected chi connectivity index (χ1v) is 14.9. The van der Waals surface area contributed by atoms with Crippen molar-refractivity contribution in [1.82, 2.24) is 9.55 Å². The van der Waals surface area contributed by atoms with Crippen molar-refractivity contribution in [2.24, 2.45) is 0 Å². The van der Waals surface area contributed by atoms with Crippen molar-refractivity contribution in [3.63, 3.8) is 0 Å². The molecule has 0 spiro atoms. The first kappa shape index (κ1) is 29.3. The highest BCUT2D eigenvalue weighted by atomic mass is 32.2. The van der Waals surface area contributed by atoms with E-state index in [1.165, 1.54) is 40.6 Å². The number of aryl methyl sites for hydroxylation is 1. The van der Waals surface area contributed by atoms with Crippen LogP contribution in [0.2, 0.25) is 0 Å². The van der Waals surface area contributed by atoms with E-state index < -0.39 is 22.8 Å². The molecule has 0 unspecified atom stereocenters. The molecule has 1 amide bonds. The molecule has 1 aromatic carbocycles. The minimum atomic E-state index is -0.681. The van der Waals surface area contributed by atoms with Crippen LogP contribution >= 0.6 is 34.9 Å². The average molecular weight is 605 g/mol. The van der Waals surface area contributed by atoms with Gasteiger partial charge in [0.1, 0.15) is 9.88 Å². The van der Waals surface area contributed by atoms with Crippen molar-refractivity contribution >= 4 is 63.4 Å². The lowest BCUT2D eigenvalue weighted by atomic mass is 10.1. The molecule has 12 nitrogen and oxygen atoms in total. The van der Waals surface area contributed by atoms with Gasteiger partial charge in [0.25, 0.3) is 11.2 Å². The molecule has 1 N–H and O–H groups in total. The number of amides is 1. The van der Waals surface area contributed by atoms with Gasteiger partial charge in [-0.2, -0.15) is 0 Å². The lowest BCUT2D eigenvalue weighted by molar-refractivity contribution is -0.384. The van der Waals surface area contributed by atoms with Crippen molar-refractivity contribution in [3.8, 4) is 5.69 Å². The molecule has 40 heavy (non-hydrogen) atoms. The Balaban J connectivity index is 1.62. The van der Waals surface area contributed by atoms with Gasteiger partial charge >= 0.3 is 11.9 Å². The predicted octanol–water partition coefficient (Wildman–Crippen LogP) is 4.24. The molecule has 4 rings (SSSR count). The highest BCUT2D eigenvalue weighted by Gasteiger charge is 2.28. The van der Waals surface area contributed by atoms with Gasteiger partial charge in [0, 0.05) is 24.3 Å². The van der Waals surface area contributed by atoms with Gasteiger partial charge < -0.3 is 14.8 Å². The van der Waals surface area contributed by atoms with Gasteiger partial charge in [-0.15, -0.1) is 23.1 Å². The van der Waals surface area contributed by atoms with Gasteiger partial charge in [-0.25, -0.2) is 14.6 Å². The Bertz CT molecular complexity index is 1550. The third-order valence-corrected chi connectivity index (χ3v) is 8.89. The first-order valence-electron chi connectivity index (χ1n) is 12.1. The molecule has 3 aromatic rings. The minimum absolute atomic E-state index is 0.0729. The van der Waals surface area contributed by atoms with Crippen LogP contribution in [0.15, 0.2) is 39.1 Å². The minimum Gasteiger partial charge on any atom is -0.462 e. The van der Waals surface area contributed by atoms with Crippen LogP contribution in [0.3, 0.4) is 0 Å². The zero-order chi connectivity index (χ0) is 29.0. The summed E-state index contributed by atoms with van der Waals surface area (Å²) in [6, 6.07) is 5.49. The van der Waals surface area contributed by atoms with E-state index in [9.17, 15) is 29.3 Å². The van der Waals surface area contributed by atoms with E-state index >= 15 is 0 Å². The number of benzene rings is 1. The molecule has 0 bridgehead atoms. The molecule has 0 radical (unpaired) electrons. The second-order valence-corrected chi connectivity index (χ2v) is 11.3. The highest BCUT2D eigenvalue weighted by Crippen LogP contribution is 2.35. The number of nitro groups is 1. The normalized spacial score (nSPS) is 12.1. The molecule has 210 valence electrons. The number of anilines is 1. The summed E-state index contributed by atoms with van der Waals surface area (Å²) >= 11 is 3.31. The highest BCUT2D eigenvalue weighted by molar-refractivity contribution is 8.00. The third kappa shape index (κ3) is 6.05. The van der Waals surface area contributed by atoms with Crippen molar-refractivity contribution in [2.75, 3.05) is 30.0 Å². The quantitative estimate of drug-likeness (QED) is 0.116. The number of nitrogens with zero attached hydrogens (tertiary/aromatic N) is 3. The fourth-order valence-corrected chi connectivity index (χ4v) is 6.83. The molecule has 2 aromatic heterocycles. The number of nitro benzene ring substituents is 1. The van der Waals surface area contributed by atoms with Gasteiger partial charge in [0.15, 0.2) is 5.16 Å². The van der Waals surface area contributed by atoms with Crippen molar-refractivity contribution in [1.29, 1.82) is 0 Å². The van der Waals surface area contributed by atoms with E-state index in [1.807, 2.05) is 0 Å². The number of rotatable bonds is 10. The van der Waals surface area contributed by atoms with Gasteiger partial charge in [-0.05, 0) is 38.5 Å². The summed E-state index contributed by atoms with van der Waals surface area (Å²) in [5.41, 5.74) is 0.979. The summed E-state index contributed by atoms with van der Waals surface area (Å²) in [7, 11) is 0. The molecule has 0 saturated carbocycles. The smallest absolute Gasteiger partial charge is 0.348 e. The number of thioether (sulfide) groups is 2. The maximum Gasteiger partial charge on any atom is 0.348 e. The molecule has 0 saturated heterocycles. The number of carbonyl (C=O) groups excluding carboxylic acids is 3. The number of non-ortho nitro benzene ring substituents is 1. The molecular formula is C25H24N4O8S3. The van der Waals surface area contributed by atoms with Crippen LogP contribution in [0.25, 0.3) is 5.69 Å². The van der Waals surface area contributed by atoms with E-state index in [4.69, 9.17) is 9.47 Å². The Kier molecular flexibility index (Phi) is 9.27. The number of aromatic nitrogens is 2. The number of hydrogen-bond donors (Lipinski definition) is 1.